The third-order valence-corrected chi connectivity index (χ3v) is 8.47. The van der Waals surface area contributed by atoms with E-state index in [1.54, 1.807) is 49.6 Å². The summed E-state index contributed by atoms with van der Waals surface area (Å²) < 4.78 is 21.1. The van der Waals surface area contributed by atoms with Crippen molar-refractivity contribution in [3.63, 3.8) is 0 Å². The van der Waals surface area contributed by atoms with Gasteiger partial charge in [-0.25, -0.2) is 10.2 Å². The predicted octanol–water partition coefficient (Wildman–Crippen LogP) is 1.96. The first-order chi connectivity index (χ1) is 19.8. The Bertz CT molecular complexity index is 1380. The highest BCUT2D eigenvalue weighted by molar-refractivity contribution is 6.06. The van der Waals surface area contributed by atoms with Crippen LogP contribution in [0.5, 0.6) is 17.2 Å². The summed E-state index contributed by atoms with van der Waals surface area (Å²) in [7, 11) is 1.56. The molecule has 3 N–H and O–H groups in total. The number of imide groups is 1. The third kappa shape index (κ3) is 5.08. The first-order valence-corrected chi connectivity index (χ1v) is 13.6. The van der Waals surface area contributed by atoms with E-state index in [2.05, 4.69) is 10.5 Å². The summed E-state index contributed by atoms with van der Waals surface area (Å²) in [4.78, 5) is 40.6. The molecular weight excluding hydrogens is 534 g/mol. The first kappa shape index (κ1) is 27.0. The van der Waals surface area contributed by atoms with Gasteiger partial charge in [0.2, 0.25) is 18.6 Å². The number of hydrogen-bond donors (Lipinski definition) is 3. The smallest absolute Gasteiger partial charge is 0.428 e. The normalized spacial score (nSPS) is 29.2. The number of ether oxygens (including phenoxy) is 4. The monoisotopic (exact) mass is 565 g/mol. The summed E-state index contributed by atoms with van der Waals surface area (Å²) in [6.07, 6.45) is -2.25. The number of likely N-dealkylation sites (tertiary alicyclic amines) is 1. The molecule has 2 aromatic rings. The summed E-state index contributed by atoms with van der Waals surface area (Å²) in [5.74, 6) is -1.33. The zero-order valence-corrected chi connectivity index (χ0v) is 22.4. The Labute approximate surface area is 235 Å². The van der Waals surface area contributed by atoms with Crippen LogP contribution >= 0.6 is 0 Å². The van der Waals surface area contributed by atoms with Gasteiger partial charge in [-0.1, -0.05) is 18.2 Å². The van der Waals surface area contributed by atoms with Gasteiger partial charge in [0.15, 0.2) is 11.5 Å². The number of amides is 3. The van der Waals surface area contributed by atoms with E-state index in [9.17, 15) is 24.6 Å². The molecule has 4 aliphatic rings. The second-order valence-corrected chi connectivity index (χ2v) is 10.7. The van der Waals surface area contributed by atoms with Gasteiger partial charge < -0.3 is 29.2 Å². The Morgan fingerprint density at radius 3 is 2.54 bits per heavy atom. The molecule has 3 amide bonds. The molecule has 6 atom stereocenters. The number of hydrazone groups is 1. The van der Waals surface area contributed by atoms with E-state index in [0.717, 1.165) is 11.1 Å². The fourth-order valence-electron chi connectivity index (χ4n) is 6.46. The number of rotatable bonds is 6. The molecule has 1 saturated heterocycles. The number of aliphatic hydroxyl groups excluding tert-OH is 2. The lowest BCUT2D eigenvalue weighted by atomic mass is 9.60. The number of hydrogen-bond acceptors (Lipinski definition) is 10. The third-order valence-electron chi connectivity index (χ3n) is 8.47. The Morgan fingerprint density at radius 2 is 1.76 bits per heavy atom. The molecule has 2 heterocycles. The maximum atomic E-state index is 13.6. The van der Waals surface area contributed by atoms with Crippen LogP contribution < -0.4 is 19.6 Å². The zero-order chi connectivity index (χ0) is 28.7. The molecule has 12 heteroatoms. The van der Waals surface area contributed by atoms with Crippen molar-refractivity contribution in [2.45, 2.75) is 44.6 Å². The van der Waals surface area contributed by atoms with Crippen LogP contribution in [-0.2, 0) is 27.5 Å². The zero-order valence-electron chi connectivity index (χ0n) is 22.4. The number of fused-ring (bicyclic) bond motifs is 4. The Balaban J connectivity index is 1.14. The standard InChI is InChI=1S/C29H31N3O9/c1-38-17-5-2-15(3-6-17)13-39-29(37)31-30-20-11-21(33)26(34)24-18(20)7-8-19-25(24)28(36)32(27(19)35)12-16-4-9-22-23(10-16)41-14-40-22/h2-6,9-10,18-19,21,24-26,33-34H,7-8,11-14H2,1H3,(H,31,37)/b30-20+/t18-,19+,21+,24-,25+,26+/m0/s1. The lowest BCUT2D eigenvalue weighted by Crippen LogP contribution is -2.55. The number of carbonyl (C=O) groups is 3. The van der Waals surface area contributed by atoms with Gasteiger partial charge in [0.1, 0.15) is 12.4 Å². The molecule has 216 valence electrons. The quantitative estimate of drug-likeness (QED) is 0.352. The van der Waals surface area contributed by atoms with Crippen LogP contribution in [0.15, 0.2) is 47.6 Å². The van der Waals surface area contributed by atoms with E-state index < -0.39 is 42.0 Å². The minimum absolute atomic E-state index is 0.0215. The summed E-state index contributed by atoms with van der Waals surface area (Å²) in [6.45, 7) is 0.209. The predicted molar refractivity (Wildman–Crippen MR) is 142 cm³/mol. The van der Waals surface area contributed by atoms with Gasteiger partial charge >= 0.3 is 6.09 Å². The molecule has 41 heavy (non-hydrogen) atoms. The van der Waals surface area contributed by atoms with Gasteiger partial charge in [0, 0.05) is 24.0 Å². The van der Waals surface area contributed by atoms with Crippen LogP contribution in [0, 0.1) is 23.7 Å². The highest BCUT2D eigenvalue weighted by Crippen LogP contribution is 2.50. The van der Waals surface area contributed by atoms with Crippen LogP contribution in [0.3, 0.4) is 0 Å². The molecule has 6 rings (SSSR count). The van der Waals surface area contributed by atoms with Crippen molar-refractivity contribution in [3.05, 3.63) is 53.6 Å². The average Bonchev–Trinajstić information content (AvgIpc) is 3.55. The lowest BCUT2D eigenvalue weighted by Gasteiger charge is -2.45. The van der Waals surface area contributed by atoms with Gasteiger partial charge in [-0.15, -0.1) is 0 Å². The highest BCUT2D eigenvalue weighted by atomic mass is 16.7. The molecular formula is C29H31N3O9. The fourth-order valence-corrected chi connectivity index (χ4v) is 6.46. The van der Waals surface area contributed by atoms with Crippen LogP contribution in [0.4, 0.5) is 4.79 Å². The van der Waals surface area contributed by atoms with E-state index in [1.165, 1.54) is 4.90 Å². The Hall–Kier alpha value is -4.16. The molecule has 2 aliphatic carbocycles. The van der Waals surface area contributed by atoms with Crippen molar-refractivity contribution in [1.82, 2.24) is 10.3 Å². The van der Waals surface area contributed by atoms with E-state index in [-0.39, 0.29) is 38.2 Å². The molecule has 0 unspecified atom stereocenters. The highest BCUT2D eigenvalue weighted by Gasteiger charge is 2.59. The van der Waals surface area contributed by atoms with E-state index in [0.29, 0.717) is 35.8 Å². The van der Waals surface area contributed by atoms with Crippen molar-refractivity contribution in [3.8, 4) is 17.2 Å². The maximum absolute atomic E-state index is 13.6. The van der Waals surface area contributed by atoms with Crippen molar-refractivity contribution in [1.29, 1.82) is 0 Å². The molecule has 0 radical (unpaired) electrons. The number of nitrogens with zero attached hydrogens (tertiary/aromatic N) is 2. The average molecular weight is 566 g/mol. The largest absolute Gasteiger partial charge is 0.497 e. The van der Waals surface area contributed by atoms with E-state index in [1.807, 2.05) is 0 Å². The van der Waals surface area contributed by atoms with E-state index >= 15 is 0 Å². The number of nitrogens with one attached hydrogen (secondary N) is 1. The minimum Gasteiger partial charge on any atom is -0.497 e. The fraction of sp³-hybridized carbons (Fsp3) is 0.448. The van der Waals surface area contributed by atoms with Crippen molar-refractivity contribution >= 4 is 23.6 Å². The van der Waals surface area contributed by atoms with Gasteiger partial charge in [0.05, 0.1) is 37.7 Å². The van der Waals surface area contributed by atoms with E-state index in [4.69, 9.17) is 18.9 Å². The Kier molecular flexibility index (Phi) is 7.26. The second kappa shape index (κ2) is 11.0. The summed E-state index contributed by atoms with van der Waals surface area (Å²) in [5, 5.41) is 25.9. The Morgan fingerprint density at radius 1 is 1.02 bits per heavy atom. The molecule has 2 saturated carbocycles. The van der Waals surface area contributed by atoms with Gasteiger partial charge in [-0.2, -0.15) is 5.10 Å². The molecule has 2 aromatic carbocycles. The summed E-state index contributed by atoms with van der Waals surface area (Å²) in [5.41, 5.74) is 4.32. The molecule has 3 fully saturated rings. The van der Waals surface area contributed by atoms with Gasteiger partial charge in [0.25, 0.3) is 0 Å². The molecule has 0 spiro atoms. The first-order valence-electron chi connectivity index (χ1n) is 13.6. The molecule has 2 aliphatic heterocycles. The number of benzene rings is 2. The SMILES string of the molecule is COc1ccc(COC(=O)N/N=C2\C[C@@H](O)[C@@H](O)[C@@H]3[C@@H]4C(=O)N(Cc5ccc6c(c5)OCO6)C(=O)[C@@H]4CC[C@@H]23)cc1. The topological polar surface area (TPSA) is 156 Å². The molecule has 12 nitrogen and oxygen atoms in total. The summed E-state index contributed by atoms with van der Waals surface area (Å²) in [6, 6.07) is 12.3. The number of methoxy groups -OCH3 is 1. The molecule has 0 aromatic heterocycles. The van der Waals surface area contributed by atoms with Crippen LogP contribution in [0.1, 0.15) is 30.4 Å². The van der Waals surface area contributed by atoms with Crippen LogP contribution in [-0.4, -0.2) is 64.8 Å². The second-order valence-electron chi connectivity index (χ2n) is 10.7. The van der Waals surface area contributed by atoms with Crippen molar-refractivity contribution < 1.29 is 43.5 Å². The number of carbonyl (C=O) groups excluding carboxylic acids is 3. The van der Waals surface area contributed by atoms with Gasteiger partial charge in [-0.3, -0.25) is 14.5 Å². The molecule has 0 bridgehead atoms. The summed E-state index contributed by atoms with van der Waals surface area (Å²) >= 11 is 0. The van der Waals surface area contributed by atoms with Crippen molar-refractivity contribution in [2.75, 3.05) is 13.9 Å². The lowest BCUT2D eigenvalue weighted by molar-refractivity contribution is -0.142. The maximum Gasteiger partial charge on any atom is 0.428 e. The van der Waals surface area contributed by atoms with Crippen LogP contribution in [0.2, 0.25) is 0 Å². The van der Waals surface area contributed by atoms with Crippen LogP contribution in [0.25, 0.3) is 0 Å². The van der Waals surface area contributed by atoms with Gasteiger partial charge in [-0.05, 0) is 48.2 Å². The van der Waals surface area contributed by atoms with Crippen molar-refractivity contribution in [2.24, 2.45) is 28.8 Å². The minimum atomic E-state index is -1.21. The number of aliphatic hydroxyl groups is 2.